The van der Waals surface area contributed by atoms with Crippen molar-refractivity contribution >= 4 is 39.8 Å². The number of hydrogen-bond acceptors (Lipinski definition) is 3. The quantitative estimate of drug-likeness (QED) is 0.231. The molecule has 0 bridgehead atoms. The van der Waals surface area contributed by atoms with Gasteiger partial charge < -0.3 is 10.6 Å². The zero-order valence-corrected chi connectivity index (χ0v) is 19.7. The largest absolute Gasteiger partial charge is 0.357 e. The molecule has 0 radical (unpaired) electrons. The number of sulfone groups is 1. The van der Waals surface area contributed by atoms with Crippen LogP contribution in [0.3, 0.4) is 0 Å². The Morgan fingerprint density at radius 1 is 0.929 bits per heavy atom. The molecule has 0 aromatic heterocycles. The van der Waals surface area contributed by atoms with Crippen molar-refractivity contribution in [3.8, 4) is 0 Å². The average Bonchev–Trinajstić information content (AvgIpc) is 2.70. The van der Waals surface area contributed by atoms with Crippen LogP contribution in [-0.4, -0.2) is 33.2 Å². The van der Waals surface area contributed by atoms with E-state index in [0.717, 1.165) is 13.0 Å². The van der Waals surface area contributed by atoms with Gasteiger partial charge in [-0.25, -0.2) is 13.4 Å². The lowest BCUT2D eigenvalue weighted by molar-refractivity contribution is 0.592. The molecule has 5 nitrogen and oxygen atoms in total. The maximum atomic E-state index is 12.3. The number of guanidine groups is 1. The van der Waals surface area contributed by atoms with Crippen molar-refractivity contribution in [3.05, 3.63) is 65.7 Å². The first-order valence-corrected chi connectivity index (χ1v) is 11.1. The summed E-state index contributed by atoms with van der Waals surface area (Å²) in [5.41, 5.74) is 2.51. The molecule has 0 atom stereocenters. The van der Waals surface area contributed by atoms with Crippen LogP contribution in [0.15, 0.2) is 64.5 Å². The summed E-state index contributed by atoms with van der Waals surface area (Å²) in [6.45, 7) is 6.05. The smallest absolute Gasteiger partial charge is 0.191 e. The molecule has 0 saturated carbocycles. The van der Waals surface area contributed by atoms with E-state index in [1.807, 2.05) is 25.1 Å². The molecule has 2 aromatic carbocycles. The number of halogens is 1. The molecule has 0 saturated heterocycles. The number of benzene rings is 2. The van der Waals surface area contributed by atoms with Gasteiger partial charge in [0.1, 0.15) is 0 Å². The summed E-state index contributed by atoms with van der Waals surface area (Å²) in [6, 6.07) is 16.9. The summed E-state index contributed by atoms with van der Waals surface area (Å²) in [4.78, 5) is 5.01. The number of nitrogens with zero attached hydrogens (tertiary/aromatic N) is 1. The van der Waals surface area contributed by atoms with Gasteiger partial charge in [0.05, 0.1) is 17.2 Å². The number of aryl methyl sites for hydroxylation is 1. The number of aliphatic imine (C=N–C) groups is 1. The minimum atomic E-state index is -3.24. The molecular formula is C21H30IN3O2S. The molecule has 0 aliphatic rings. The highest BCUT2D eigenvalue weighted by molar-refractivity contribution is 14.0. The molecule has 154 valence electrons. The number of hydrogen-bond donors (Lipinski definition) is 2. The molecule has 0 heterocycles. The van der Waals surface area contributed by atoms with Crippen LogP contribution in [0.25, 0.3) is 0 Å². The van der Waals surface area contributed by atoms with Crippen molar-refractivity contribution < 1.29 is 8.42 Å². The lowest BCUT2D eigenvalue weighted by Gasteiger charge is -2.12. The van der Waals surface area contributed by atoms with E-state index in [1.54, 1.807) is 24.3 Å². The molecule has 0 aliphatic heterocycles. The first-order valence-electron chi connectivity index (χ1n) is 9.43. The first kappa shape index (κ1) is 24.4. The normalized spacial score (nSPS) is 11.6. The molecule has 2 rings (SSSR count). The van der Waals surface area contributed by atoms with Gasteiger partial charge in [0.25, 0.3) is 0 Å². The standard InChI is InChI=1S/C21H29N3O2S.HI/c1-3-18-11-8-9-12-19(18)17-24-21(22-4-2)23-15-10-16-27(25,26)20-13-6-5-7-14-20;/h5-9,11-14H,3-4,10,15-17H2,1-2H3,(H2,22,23,24);1H. The predicted octanol–water partition coefficient (Wildman–Crippen LogP) is 3.79. The topological polar surface area (TPSA) is 70.6 Å². The van der Waals surface area contributed by atoms with Crippen LogP contribution < -0.4 is 10.6 Å². The van der Waals surface area contributed by atoms with Gasteiger partial charge in [0, 0.05) is 13.1 Å². The Morgan fingerprint density at radius 2 is 1.57 bits per heavy atom. The van der Waals surface area contributed by atoms with Gasteiger partial charge in [0.15, 0.2) is 15.8 Å². The maximum Gasteiger partial charge on any atom is 0.191 e. The van der Waals surface area contributed by atoms with Crippen molar-refractivity contribution in [1.82, 2.24) is 10.6 Å². The zero-order valence-electron chi connectivity index (χ0n) is 16.5. The van der Waals surface area contributed by atoms with E-state index in [1.165, 1.54) is 11.1 Å². The third-order valence-electron chi connectivity index (χ3n) is 4.24. The van der Waals surface area contributed by atoms with Gasteiger partial charge in [-0.15, -0.1) is 24.0 Å². The Morgan fingerprint density at radius 3 is 2.21 bits per heavy atom. The summed E-state index contributed by atoms with van der Waals surface area (Å²) in [6.07, 6.45) is 1.50. The fraction of sp³-hybridized carbons (Fsp3) is 0.381. The van der Waals surface area contributed by atoms with E-state index < -0.39 is 9.84 Å². The Kier molecular flexibility index (Phi) is 11.1. The summed E-state index contributed by atoms with van der Waals surface area (Å²) < 4.78 is 24.6. The Labute approximate surface area is 186 Å². The van der Waals surface area contributed by atoms with Crippen LogP contribution in [0.4, 0.5) is 0 Å². The molecule has 0 spiro atoms. The lowest BCUT2D eigenvalue weighted by Crippen LogP contribution is -2.38. The van der Waals surface area contributed by atoms with Crippen molar-refractivity contribution in [3.63, 3.8) is 0 Å². The van der Waals surface area contributed by atoms with E-state index in [-0.39, 0.29) is 29.7 Å². The van der Waals surface area contributed by atoms with Crippen LogP contribution in [0.1, 0.15) is 31.4 Å². The van der Waals surface area contributed by atoms with Crippen LogP contribution in [0.2, 0.25) is 0 Å². The second kappa shape index (κ2) is 12.8. The maximum absolute atomic E-state index is 12.3. The van der Waals surface area contributed by atoms with Gasteiger partial charge in [-0.2, -0.15) is 0 Å². The fourth-order valence-electron chi connectivity index (χ4n) is 2.78. The Balaban J connectivity index is 0.00000392. The second-order valence-corrected chi connectivity index (χ2v) is 8.34. The highest BCUT2D eigenvalue weighted by atomic mass is 127. The molecular weight excluding hydrogens is 485 g/mol. The average molecular weight is 515 g/mol. The number of rotatable bonds is 9. The van der Waals surface area contributed by atoms with Crippen LogP contribution in [0, 0.1) is 0 Å². The monoisotopic (exact) mass is 515 g/mol. The highest BCUT2D eigenvalue weighted by Crippen LogP contribution is 2.11. The highest BCUT2D eigenvalue weighted by Gasteiger charge is 2.13. The van der Waals surface area contributed by atoms with E-state index in [2.05, 4.69) is 34.7 Å². The summed E-state index contributed by atoms with van der Waals surface area (Å²) in [7, 11) is -3.24. The Hall–Kier alpha value is -1.61. The van der Waals surface area contributed by atoms with Crippen molar-refractivity contribution in [1.29, 1.82) is 0 Å². The van der Waals surface area contributed by atoms with Crippen molar-refractivity contribution in [2.75, 3.05) is 18.8 Å². The molecule has 7 heteroatoms. The number of nitrogens with one attached hydrogen (secondary N) is 2. The van der Waals surface area contributed by atoms with Gasteiger partial charge in [-0.05, 0) is 43.0 Å². The minimum Gasteiger partial charge on any atom is -0.357 e. The van der Waals surface area contributed by atoms with Gasteiger partial charge in [-0.3, -0.25) is 0 Å². The van der Waals surface area contributed by atoms with Crippen molar-refractivity contribution in [2.45, 2.75) is 38.1 Å². The minimum absolute atomic E-state index is 0. The molecule has 0 unspecified atom stereocenters. The SMILES string of the molecule is CCNC(=NCc1ccccc1CC)NCCCS(=O)(=O)c1ccccc1.I. The summed E-state index contributed by atoms with van der Waals surface area (Å²) in [5.74, 6) is 0.822. The lowest BCUT2D eigenvalue weighted by atomic mass is 10.1. The second-order valence-electron chi connectivity index (χ2n) is 6.23. The fourth-order valence-corrected chi connectivity index (χ4v) is 4.11. The third-order valence-corrected chi connectivity index (χ3v) is 6.05. The molecule has 0 amide bonds. The molecule has 28 heavy (non-hydrogen) atoms. The van der Waals surface area contributed by atoms with Crippen LogP contribution >= 0.6 is 24.0 Å². The van der Waals surface area contributed by atoms with Crippen LogP contribution in [0.5, 0.6) is 0 Å². The summed E-state index contributed by atoms with van der Waals surface area (Å²) in [5, 5.41) is 6.44. The zero-order chi connectivity index (χ0) is 19.5. The molecule has 0 aliphatic carbocycles. The van der Waals surface area contributed by atoms with Gasteiger partial charge in [0.2, 0.25) is 0 Å². The molecule has 2 aromatic rings. The first-order chi connectivity index (χ1) is 13.1. The van der Waals surface area contributed by atoms with E-state index in [0.29, 0.717) is 30.4 Å². The summed E-state index contributed by atoms with van der Waals surface area (Å²) >= 11 is 0. The third kappa shape index (κ3) is 7.79. The van der Waals surface area contributed by atoms with Gasteiger partial charge >= 0.3 is 0 Å². The van der Waals surface area contributed by atoms with Crippen molar-refractivity contribution in [2.24, 2.45) is 4.99 Å². The van der Waals surface area contributed by atoms with E-state index in [9.17, 15) is 8.42 Å². The molecule has 0 fully saturated rings. The van der Waals surface area contributed by atoms with E-state index in [4.69, 9.17) is 0 Å². The predicted molar refractivity (Wildman–Crippen MR) is 127 cm³/mol. The van der Waals surface area contributed by atoms with Crippen LogP contribution in [-0.2, 0) is 22.8 Å². The Bertz CT molecular complexity index is 840. The van der Waals surface area contributed by atoms with Gasteiger partial charge in [-0.1, -0.05) is 49.4 Å². The van der Waals surface area contributed by atoms with E-state index >= 15 is 0 Å². The molecule has 2 N–H and O–H groups in total.